The van der Waals surface area contributed by atoms with E-state index in [1.165, 1.54) is 4.90 Å². The first-order valence-electron chi connectivity index (χ1n) is 6.12. The summed E-state index contributed by atoms with van der Waals surface area (Å²) in [5.74, 6) is -0.584. The summed E-state index contributed by atoms with van der Waals surface area (Å²) >= 11 is 0. The van der Waals surface area contributed by atoms with Gasteiger partial charge in [0.15, 0.2) is 0 Å². The van der Waals surface area contributed by atoms with Crippen molar-refractivity contribution in [1.29, 1.82) is 0 Å². The third-order valence-corrected chi connectivity index (χ3v) is 3.28. The molecule has 4 nitrogen and oxygen atoms in total. The number of benzene rings is 1. The molecule has 1 saturated carbocycles. The van der Waals surface area contributed by atoms with Gasteiger partial charge in [-0.3, -0.25) is 9.59 Å². The van der Waals surface area contributed by atoms with Crippen molar-refractivity contribution < 1.29 is 14.7 Å². The van der Waals surface area contributed by atoms with E-state index in [1.54, 1.807) is 0 Å². The highest BCUT2D eigenvalue weighted by Crippen LogP contribution is 2.39. The predicted molar refractivity (Wildman–Crippen MR) is 66.8 cm³/mol. The number of carboxylic acid groups (broad SMARTS) is 1. The molecule has 1 fully saturated rings. The van der Waals surface area contributed by atoms with Crippen molar-refractivity contribution in [2.75, 3.05) is 6.54 Å². The molecule has 0 radical (unpaired) electrons. The smallest absolute Gasteiger partial charge is 0.323 e. The Labute approximate surface area is 106 Å². The Morgan fingerprint density at radius 1 is 1.33 bits per heavy atom. The van der Waals surface area contributed by atoms with Crippen LogP contribution in [-0.4, -0.2) is 28.4 Å². The fraction of sp³-hybridized carbons (Fsp3) is 0.429. The monoisotopic (exact) mass is 247 g/mol. The molecule has 1 aliphatic carbocycles. The number of carboxylic acids is 1. The lowest BCUT2D eigenvalue weighted by atomic mass is 10.2. The average Bonchev–Trinajstić information content (AvgIpc) is 3.05. The van der Waals surface area contributed by atoms with Crippen LogP contribution in [0.25, 0.3) is 0 Å². The van der Waals surface area contributed by atoms with Crippen molar-refractivity contribution >= 4 is 11.9 Å². The van der Waals surface area contributed by atoms with Gasteiger partial charge in [0.25, 0.3) is 0 Å². The van der Waals surface area contributed by atoms with Gasteiger partial charge in [0.1, 0.15) is 6.54 Å². The Bertz CT molecular complexity index is 444. The van der Waals surface area contributed by atoms with Crippen molar-refractivity contribution in [3.8, 4) is 0 Å². The van der Waals surface area contributed by atoms with Gasteiger partial charge in [-0.25, -0.2) is 0 Å². The molecule has 0 heterocycles. The Hall–Kier alpha value is -1.84. The average molecular weight is 247 g/mol. The Kier molecular flexibility index (Phi) is 3.65. The SMILES string of the molecule is C[C@@H]1C[C@H]1C(=O)N(CC(=O)O)Cc1ccccc1. The van der Waals surface area contributed by atoms with E-state index in [0.29, 0.717) is 12.5 Å². The van der Waals surface area contributed by atoms with Gasteiger partial charge in [0.2, 0.25) is 5.91 Å². The molecule has 0 spiro atoms. The van der Waals surface area contributed by atoms with E-state index in [2.05, 4.69) is 0 Å². The first kappa shape index (κ1) is 12.6. The van der Waals surface area contributed by atoms with Gasteiger partial charge in [-0.05, 0) is 17.9 Å². The molecular formula is C14H17NO3. The van der Waals surface area contributed by atoms with Crippen LogP contribution in [0.5, 0.6) is 0 Å². The lowest BCUT2D eigenvalue weighted by Crippen LogP contribution is -2.36. The van der Waals surface area contributed by atoms with Gasteiger partial charge < -0.3 is 10.0 Å². The van der Waals surface area contributed by atoms with Crippen molar-refractivity contribution in [3.63, 3.8) is 0 Å². The van der Waals surface area contributed by atoms with Crippen LogP contribution in [0.3, 0.4) is 0 Å². The third kappa shape index (κ3) is 3.09. The second-order valence-electron chi connectivity index (χ2n) is 4.89. The molecule has 18 heavy (non-hydrogen) atoms. The predicted octanol–water partition coefficient (Wildman–Crippen LogP) is 1.76. The number of aliphatic carboxylic acids is 1. The Balaban J connectivity index is 2.05. The van der Waals surface area contributed by atoms with Gasteiger partial charge in [-0.1, -0.05) is 37.3 Å². The van der Waals surface area contributed by atoms with Crippen LogP contribution in [0.2, 0.25) is 0 Å². The van der Waals surface area contributed by atoms with Crippen molar-refractivity contribution in [3.05, 3.63) is 35.9 Å². The van der Waals surface area contributed by atoms with Crippen LogP contribution < -0.4 is 0 Å². The number of carbonyl (C=O) groups is 2. The molecule has 96 valence electrons. The van der Waals surface area contributed by atoms with Gasteiger partial charge in [0, 0.05) is 12.5 Å². The molecule has 1 amide bonds. The molecule has 0 saturated heterocycles. The van der Waals surface area contributed by atoms with E-state index >= 15 is 0 Å². The van der Waals surface area contributed by atoms with Gasteiger partial charge in [0.05, 0.1) is 0 Å². The number of rotatable bonds is 5. The van der Waals surface area contributed by atoms with Crippen LogP contribution in [-0.2, 0) is 16.1 Å². The molecule has 1 aromatic carbocycles. The maximum Gasteiger partial charge on any atom is 0.323 e. The normalized spacial score (nSPS) is 21.4. The summed E-state index contributed by atoms with van der Waals surface area (Å²) in [6.07, 6.45) is 0.879. The van der Waals surface area contributed by atoms with E-state index < -0.39 is 5.97 Å². The number of hydrogen-bond acceptors (Lipinski definition) is 2. The molecular weight excluding hydrogens is 230 g/mol. The maximum atomic E-state index is 12.1. The van der Waals surface area contributed by atoms with E-state index in [0.717, 1.165) is 12.0 Å². The summed E-state index contributed by atoms with van der Waals surface area (Å²) in [5, 5.41) is 8.89. The van der Waals surface area contributed by atoms with Crippen molar-refractivity contribution in [1.82, 2.24) is 4.90 Å². The maximum absolute atomic E-state index is 12.1. The van der Waals surface area contributed by atoms with E-state index in [1.807, 2.05) is 37.3 Å². The number of carbonyl (C=O) groups excluding carboxylic acids is 1. The quantitative estimate of drug-likeness (QED) is 0.862. The van der Waals surface area contributed by atoms with Crippen LogP contribution in [0, 0.1) is 11.8 Å². The summed E-state index contributed by atoms with van der Waals surface area (Å²) in [6, 6.07) is 9.48. The van der Waals surface area contributed by atoms with Crippen LogP contribution in [0.4, 0.5) is 0 Å². The Morgan fingerprint density at radius 2 is 1.94 bits per heavy atom. The van der Waals surface area contributed by atoms with Gasteiger partial charge in [-0.15, -0.1) is 0 Å². The molecule has 2 rings (SSSR count). The van der Waals surface area contributed by atoms with Crippen molar-refractivity contribution in [2.45, 2.75) is 19.9 Å². The fourth-order valence-electron chi connectivity index (χ4n) is 2.08. The van der Waals surface area contributed by atoms with Crippen molar-refractivity contribution in [2.24, 2.45) is 11.8 Å². The summed E-state index contributed by atoms with van der Waals surface area (Å²) in [5.41, 5.74) is 0.959. The minimum Gasteiger partial charge on any atom is -0.480 e. The van der Waals surface area contributed by atoms with Gasteiger partial charge >= 0.3 is 5.97 Å². The zero-order valence-corrected chi connectivity index (χ0v) is 10.4. The summed E-state index contributed by atoms with van der Waals surface area (Å²) < 4.78 is 0. The molecule has 4 heteroatoms. The molecule has 2 atom stereocenters. The topological polar surface area (TPSA) is 57.6 Å². The standard InChI is InChI=1S/C14H17NO3/c1-10-7-12(10)14(18)15(9-13(16)17)8-11-5-3-2-4-6-11/h2-6,10,12H,7-9H2,1H3,(H,16,17)/t10-,12-/m1/s1. The fourth-order valence-corrected chi connectivity index (χ4v) is 2.08. The lowest BCUT2D eigenvalue weighted by Gasteiger charge is -2.21. The highest BCUT2D eigenvalue weighted by molar-refractivity contribution is 5.85. The minimum atomic E-state index is -0.965. The van der Waals surface area contributed by atoms with Crippen LogP contribution in [0.1, 0.15) is 18.9 Å². The minimum absolute atomic E-state index is 0.0214. The first-order valence-corrected chi connectivity index (χ1v) is 6.12. The highest BCUT2D eigenvalue weighted by atomic mass is 16.4. The summed E-state index contributed by atoms with van der Waals surface area (Å²) in [6.45, 7) is 2.16. The second-order valence-corrected chi connectivity index (χ2v) is 4.89. The second kappa shape index (κ2) is 5.21. The highest BCUT2D eigenvalue weighted by Gasteiger charge is 2.41. The van der Waals surface area contributed by atoms with Crippen LogP contribution in [0.15, 0.2) is 30.3 Å². The number of nitrogens with zero attached hydrogens (tertiary/aromatic N) is 1. The van der Waals surface area contributed by atoms with Gasteiger partial charge in [-0.2, -0.15) is 0 Å². The third-order valence-electron chi connectivity index (χ3n) is 3.28. The zero-order chi connectivity index (χ0) is 13.1. The molecule has 0 unspecified atom stereocenters. The number of amides is 1. The zero-order valence-electron chi connectivity index (χ0n) is 10.4. The lowest BCUT2D eigenvalue weighted by molar-refractivity contribution is -0.145. The first-order chi connectivity index (χ1) is 8.58. The van der Waals surface area contributed by atoms with E-state index in [9.17, 15) is 9.59 Å². The Morgan fingerprint density at radius 3 is 2.44 bits per heavy atom. The molecule has 1 aromatic rings. The largest absolute Gasteiger partial charge is 0.480 e. The van der Waals surface area contributed by atoms with E-state index in [4.69, 9.17) is 5.11 Å². The summed E-state index contributed by atoms with van der Waals surface area (Å²) in [7, 11) is 0. The molecule has 0 aromatic heterocycles. The molecule has 1 aliphatic rings. The summed E-state index contributed by atoms with van der Waals surface area (Å²) in [4.78, 5) is 24.4. The van der Waals surface area contributed by atoms with Crippen LogP contribution >= 0.6 is 0 Å². The molecule has 0 aliphatic heterocycles. The number of hydrogen-bond donors (Lipinski definition) is 1. The molecule has 1 N–H and O–H groups in total. The molecule has 0 bridgehead atoms. The van der Waals surface area contributed by atoms with E-state index in [-0.39, 0.29) is 18.4 Å².